The predicted octanol–water partition coefficient (Wildman–Crippen LogP) is 2.77. The number of allylic oxidation sites excluding steroid dienone is 1. The zero-order chi connectivity index (χ0) is 23.0. The number of ether oxygens (including phenoxy) is 1. The quantitative estimate of drug-likeness (QED) is 0.558. The highest BCUT2D eigenvalue weighted by molar-refractivity contribution is 7.07. The molecule has 3 aromatic rings. The lowest BCUT2D eigenvalue weighted by Crippen LogP contribution is -2.39. The molecule has 1 aliphatic rings. The van der Waals surface area contributed by atoms with Gasteiger partial charge in [0.2, 0.25) is 0 Å². The summed E-state index contributed by atoms with van der Waals surface area (Å²) in [4.78, 5) is 33.5. The van der Waals surface area contributed by atoms with Gasteiger partial charge in [-0.1, -0.05) is 23.5 Å². The minimum atomic E-state index is -0.623. The average molecular weight is 452 g/mol. The summed E-state index contributed by atoms with van der Waals surface area (Å²) in [7, 11) is 3.92. The monoisotopic (exact) mass is 451 g/mol. The maximum Gasteiger partial charge on any atom is 0.338 e. The Balaban J connectivity index is 1.93. The standard InChI is InChI=1S/C24H25N3O4S/c1-6-30-23(29)20-15(3)25-24-27(21(20)16-8-10-17(11-9-16)26(4)5)22(28)19(32-24)13-18-12-7-14(2)31-18/h7-13,21H,6H2,1-5H3/b19-13-/t21-/m0/s1. The second-order valence-corrected chi connectivity index (χ2v) is 8.75. The van der Waals surface area contributed by atoms with Gasteiger partial charge in [-0.25, -0.2) is 9.79 Å². The fourth-order valence-electron chi connectivity index (χ4n) is 3.72. The van der Waals surface area contributed by atoms with Gasteiger partial charge in [-0.3, -0.25) is 9.36 Å². The van der Waals surface area contributed by atoms with Crippen LogP contribution in [0.4, 0.5) is 5.69 Å². The van der Waals surface area contributed by atoms with Crippen molar-refractivity contribution in [1.29, 1.82) is 0 Å². The van der Waals surface area contributed by atoms with Gasteiger partial charge in [0.1, 0.15) is 11.5 Å². The molecular weight excluding hydrogens is 426 g/mol. The number of carbonyl (C=O) groups is 1. The Labute approximate surface area is 189 Å². The summed E-state index contributed by atoms with van der Waals surface area (Å²) < 4.78 is 13.0. The second kappa shape index (κ2) is 8.63. The number of hydrogen-bond acceptors (Lipinski definition) is 7. The first-order valence-corrected chi connectivity index (χ1v) is 11.1. The molecule has 0 saturated carbocycles. The molecule has 8 heteroatoms. The van der Waals surface area contributed by atoms with Crippen LogP contribution < -0.4 is 19.8 Å². The van der Waals surface area contributed by atoms with Gasteiger partial charge in [0.05, 0.1) is 28.5 Å². The smallest absolute Gasteiger partial charge is 0.338 e. The molecule has 166 valence electrons. The summed E-state index contributed by atoms with van der Waals surface area (Å²) in [5.74, 6) is 0.899. The first kappa shape index (κ1) is 21.8. The van der Waals surface area contributed by atoms with Crippen molar-refractivity contribution in [3.63, 3.8) is 0 Å². The van der Waals surface area contributed by atoms with Crippen molar-refractivity contribution in [2.24, 2.45) is 4.99 Å². The summed E-state index contributed by atoms with van der Waals surface area (Å²) in [6.07, 6.45) is 1.71. The van der Waals surface area contributed by atoms with Crippen LogP contribution in [0.2, 0.25) is 0 Å². The largest absolute Gasteiger partial charge is 0.463 e. The van der Waals surface area contributed by atoms with Crippen molar-refractivity contribution in [3.8, 4) is 0 Å². The number of nitrogens with zero attached hydrogens (tertiary/aromatic N) is 3. The van der Waals surface area contributed by atoms with Crippen LogP contribution in [0.15, 0.2) is 61.9 Å². The molecule has 4 rings (SSSR count). The van der Waals surface area contributed by atoms with Crippen LogP contribution >= 0.6 is 11.3 Å². The number of rotatable bonds is 5. The first-order chi connectivity index (χ1) is 15.3. The van der Waals surface area contributed by atoms with E-state index in [-0.39, 0.29) is 12.2 Å². The molecule has 2 aromatic heterocycles. The minimum absolute atomic E-state index is 0.223. The van der Waals surface area contributed by atoms with Gasteiger partial charge in [0, 0.05) is 25.9 Å². The maximum absolute atomic E-state index is 13.5. The molecule has 0 spiro atoms. The lowest BCUT2D eigenvalue weighted by molar-refractivity contribution is -0.139. The van der Waals surface area contributed by atoms with Crippen LogP contribution in [-0.2, 0) is 9.53 Å². The van der Waals surface area contributed by atoms with Crippen molar-refractivity contribution in [1.82, 2.24) is 4.57 Å². The number of esters is 1. The van der Waals surface area contributed by atoms with Crippen LogP contribution in [-0.4, -0.2) is 31.2 Å². The SMILES string of the molecule is CCOC(=O)C1=C(C)N=c2s/c(=C\c3ccc(C)o3)c(=O)n2[C@H]1c1ccc(N(C)C)cc1. The van der Waals surface area contributed by atoms with Crippen molar-refractivity contribution < 1.29 is 13.9 Å². The van der Waals surface area contributed by atoms with Crippen LogP contribution in [0.25, 0.3) is 6.08 Å². The van der Waals surface area contributed by atoms with Crippen molar-refractivity contribution in [2.75, 3.05) is 25.6 Å². The van der Waals surface area contributed by atoms with Gasteiger partial charge in [-0.2, -0.15) is 0 Å². The van der Waals surface area contributed by atoms with Gasteiger partial charge in [-0.05, 0) is 50.6 Å². The minimum Gasteiger partial charge on any atom is -0.463 e. The highest BCUT2D eigenvalue weighted by Gasteiger charge is 2.33. The fourth-order valence-corrected chi connectivity index (χ4v) is 4.75. The Bertz CT molecular complexity index is 1370. The van der Waals surface area contributed by atoms with Crippen LogP contribution in [0, 0.1) is 6.92 Å². The van der Waals surface area contributed by atoms with E-state index in [0.717, 1.165) is 17.0 Å². The summed E-state index contributed by atoms with van der Waals surface area (Å²) in [5, 5.41) is 0. The van der Waals surface area contributed by atoms with E-state index in [1.807, 2.05) is 62.3 Å². The van der Waals surface area contributed by atoms with E-state index in [2.05, 4.69) is 4.99 Å². The summed E-state index contributed by atoms with van der Waals surface area (Å²) >= 11 is 1.28. The normalized spacial score (nSPS) is 16.0. The molecule has 1 aromatic carbocycles. The molecule has 7 nitrogen and oxygen atoms in total. The summed E-state index contributed by atoms with van der Waals surface area (Å²) in [6, 6.07) is 10.9. The van der Waals surface area contributed by atoms with E-state index < -0.39 is 12.0 Å². The lowest BCUT2D eigenvalue weighted by atomic mass is 9.95. The first-order valence-electron chi connectivity index (χ1n) is 10.3. The second-order valence-electron chi connectivity index (χ2n) is 7.74. The van der Waals surface area contributed by atoms with E-state index >= 15 is 0 Å². The Morgan fingerprint density at radius 1 is 1.22 bits per heavy atom. The van der Waals surface area contributed by atoms with E-state index in [1.165, 1.54) is 11.3 Å². The third-order valence-electron chi connectivity index (χ3n) is 5.28. The van der Waals surface area contributed by atoms with Gasteiger partial charge < -0.3 is 14.1 Å². The number of fused-ring (bicyclic) bond motifs is 1. The van der Waals surface area contributed by atoms with Gasteiger partial charge in [-0.15, -0.1) is 0 Å². The van der Waals surface area contributed by atoms with Crippen LogP contribution in [0.5, 0.6) is 0 Å². The molecule has 32 heavy (non-hydrogen) atoms. The number of aryl methyl sites for hydroxylation is 1. The maximum atomic E-state index is 13.5. The molecule has 0 radical (unpaired) electrons. The predicted molar refractivity (Wildman–Crippen MR) is 125 cm³/mol. The molecule has 0 unspecified atom stereocenters. The molecule has 3 heterocycles. The third-order valence-corrected chi connectivity index (χ3v) is 6.26. The van der Waals surface area contributed by atoms with E-state index in [0.29, 0.717) is 26.4 Å². The Morgan fingerprint density at radius 3 is 2.53 bits per heavy atom. The van der Waals surface area contributed by atoms with E-state index in [4.69, 9.17) is 9.15 Å². The van der Waals surface area contributed by atoms with Gasteiger partial charge >= 0.3 is 5.97 Å². The van der Waals surface area contributed by atoms with Crippen molar-refractivity contribution in [2.45, 2.75) is 26.8 Å². The molecule has 1 atom stereocenters. The molecule has 0 amide bonds. The Kier molecular flexibility index (Phi) is 5.88. The molecular formula is C24H25N3O4S. The van der Waals surface area contributed by atoms with Crippen molar-refractivity contribution in [3.05, 3.63) is 84.4 Å². The molecule has 0 N–H and O–H groups in total. The number of thiazole rings is 1. The average Bonchev–Trinajstić information content (AvgIpc) is 3.30. The third kappa shape index (κ3) is 3.93. The molecule has 1 aliphatic heterocycles. The zero-order valence-electron chi connectivity index (χ0n) is 18.7. The van der Waals surface area contributed by atoms with E-state index in [9.17, 15) is 9.59 Å². The number of furan rings is 1. The summed E-state index contributed by atoms with van der Waals surface area (Å²) in [6.45, 7) is 5.63. The fraction of sp³-hybridized carbons (Fsp3) is 0.292. The van der Waals surface area contributed by atoms with Crippen LogP contribution in [0.3, 0.4) is 0 Å². The van der Waals surface area contributed by atoms with E-state index in [1.54, 1.807) is 24.5 Å². The molecule has 0 fully saturated rings. The highest BCUT2D eigenvalue weighted by Crippen LogP contribution is 2.31. The van der Waals surface area contributed by atoms with Gasteiger partial charge in [0.15, 0.2) is 4.80 Å². The van der Waals surface area contributed by atoms with Gasteiger partial charge in [0.25, 0.3) is 5.56 Å². The molecule has 0 saturated heterocycles. The lowest BCUT2D eigenvalue weighted by Gasteiger charge is -2.25. The topological polar surface area (TPSA) is 77.0 Å². The molecule has 0 aliphatic carbocycles. The number of aromatic nitrogens is 1. The highest BCUT2D eigenvalue weighted by atomic mass is 32.1. The number of benzene rings is 1. The Hall–Kier alpha value is -3.39. The Morgan fingerprint density at radius 2 is 1.94 bits per heavy atom. The number of carbonyl (C=O) groups excluding carboxylic acids is 1. The zero-order valence-corrected chi connectivity index (χ0v) is 19.5. The summed E-state index contributed by atoms with van der Waals surface area (Å²) in [5.41, 5.74) is 2.53. The molecule has 0 bridgehead atoms. The number of anilines is 1. The van der Waals surface area contributed by atoms with Crippen molar-refractivity contribution >= 4 is 29.1 Å². The van der Waals surface area contributed by atoms with Crippen LogP contribution in [0.1, 0.15) is 37.0 Å². The number of hydrogen-bond donors (Lipinski definition) is 0.